The number of pyridine rings is 1. The Labute approximate surface area is 232 Å². The fraction of sp³-hybridized carbons (Fsp3) is 0.227. The van der Waals surface area contributed by atoms with Crippen molar-refractivity contribution >= 4 is 61.6 Å². The summed E-state index contributed by atoms with van der Waals surface area (Å²) in [5.41, 5.74) is 1.81. The summed E-state index contributed by atoms with van der Waals surface area (Å²) in [6, 6.07) is 3.81. The third kappa shape index (κ3) is 5.80. The van der Waals surface area contributed by atoms with Crippen LogP contribution in [0.3, 0.4) is 0 Å². The number of hydrogen-bond acceptors (Lipinski definition) is 8. The summed E-state index contributed by atoms with van der Waals surface area (Å²) in [6.07, 6.45) is -1.99. The van der Waals surface area contributed by atoms with Gasteiger partial charge in [-0.3, -0.25) is 9.29 Å². The molecule has 0 atom stereocenters. The van der Waals surface area contributed by atoms with Gasteiger partial charge in [-0.05, 0) is 53.8 Å². The van der Waals surface area contributed by atoms with Crippen LogP contribution in [0.15, 0.2) is 47.4 Å². The maximum Gasteiger partial charge on any atom is 0.417 e. The second-order valence-electron chi connectivity index (χ2n) is 7.53. The molecule has 1 aliphatic rings. The molecule has 0 saturated carbocycles. The average Bonchev–Trinajstić information content (AvgIpc) is 3.29. The van der Waals surface area contributed by atoms with E-state index in [1.807, 2.05) is 0 Å². The molecule has 3 heterocycles. The molecule has 10 nitrogen and oxygen atoms in total. The highest BCUT2D eigenvalue weighted by Crippen LogP contribution is 2.36. The first-order valence-electron chi connectivity index (χ1n) is 10.7. The van der Waals surface area contributed by atoms with Crippen molar-refractivity contribution in [3.05, 3.63) is 62.4 Å². The summed E-state index contributed by atoms with van der Waals surface area (Å²) in [5, 5.41) is 7.94. The lowest BCUT2D eigenvalue weighted by atomic mass is 10.2. The molecule has 2 aromatic heterocycles. The number of halogens is 5. The van der Waals surface area contributed by atoms with Crippen LogP contribution in [0.5, 0.6) is 0 Å². The number of carbonyl (C=O) groups is 1. The van der Waals surface area contributed by atoms with E-state index in [4.69, 9.17) is 21.1 Å². The second kappa shape index (κ2) is 10.9. The van der Waals surface area contributed by atoms with Gasteiger partial charge >= 0.3 is 12.1 Å². The van der Waals surface area contributed by atoms with Gasteiger partial charge in [0.05, 0.1) is 40.1 Å². The molecule has 1 N–H and O–H groups in total. The van der Waals surface area contributed by atoms with Crippen molar-refractivity contribution in [2.45, 2.75) is 24.4 Å². The highest BCUT2D eigenvalue weighted by atomic mass is 127. The number of alkyl halides is 3. The highest BCUT2D eigenvalue weighted by Gasteiger charge is 2.35. The Balaban J connectivity index is 1.85. The molecule has 0 aliphatic carbocycles. The number of sulfonamides is 1. The molecule has 0 unspecified atom stereocenters. The van der Waals surface area contributed by atoms with E-state index in [0.717, 1.165) is 12.1 Å². The number of benzene rings is 1. The van der Waals surface area contributed by atoms with E-state index >= 15 is 0 Å². The highest BCUT2D eigenvalue weighted by molar-refractivity contribution is 14.1. The molecule has 0 fully saturated rings. The Bertz CT molecular complexity index is 1590. The smallest absolute Gasteiger partial charge is 0.417 e. The lowest BCUT2D eigenvalue weighted by Gasteiger charge is -2.16. The summed E-state index contributed by atoms with van der Waals surface area (Å²) in [5.74, 6) is -1.10. The Kier molecular flexibility index (Phi) is 8.01. The first-order valence-corrected chi connectivity index (χ1v) is 13.6. The number of nitrogens with zero attached hydrogens (tertiary/aromatic N) is 4. The molecule has 0 spiro atoms. The normalized spacial score (nSPS) is 13.6. The number of ether oxygens (including phenoxy) is 2. The molecular formula is C22H16ClF3IN5O5S. The van der Waals surface area contributed by atoms with E-state index in [2.05, 4.69) is 25.6 Å². The zero-order valence-corrected chi connectivity index (χ0v) is 22.9. The van der Waals surface area contributed by atoms with Crippen molar-refractivity contribution in [1.82, 2.24) is 19.7 Å². The third-order valence-corrected chi connectivity index (χ3v) is 7.53. The monoisotopic (exact) mass is 681 g/mol. The zero-order valence-electron chi connectivity index (χ0n) is 19.2. The Morgan fingerprint density at radius 2 is 2.08 bits per heavy atom. The zero-order chi connectivity index (χ0) is 27.7. The van der Waals surface area contributed by atoms with E-state index < -0.39 is 32.6 Å². The molecule has 3 aromatic rings. The van der Waals surface area contributed by atoms with Crippen molar-refractivity contribution in [2.24, 2.45) is 0 Å². The first-order chi connectivity index (χ1) is 17.9. The summed E-state index contributed by atoms with van der Waals surface area (Å²) < 4.78 is 80.1. The predicted molar refractivity (Wildman–Crippen MR) is 138 cm³/mol. The average molecular weight is 682 g/mol. The van der Waals surface area contributed by atoms with E-state index in [9.17, 15) is 26.4 Å². The summed E-state index contributed by atoms with van der Waals surface area (Å²) >= 11 is 7.54. The minimum absolute atomic E-state index is 0.0203. The van der Waals surface area contributed by atoms with Gasteiger partial charge in [0.25, 0.3) is 10.0 Å². The lowest BCUT2D eigenvalue weighted by molar-refractivity contribution is -0.138. The molecule has 200 valence electrons. The molecule has 4 rings (SSSR count). The molecule has 0 radical (unpaired) electrons. The summed E-state index contributed by atoms with van der Waals surface area (Å²) in [4.78, 5) is 16.1. The largest absolute Gasteiger partial charge is 0.493 e. The number of rotatable bonds is 7. The fourth-order valence-corrected chi connectivity index (χ4v) is 5.26. The van der Waals surface area contributed by atoms with Crippen LogP contribution in [0.4, 0.5) is 18.9 Å². The van der Waals surface area contributed by atoms with E-state index in [-0.39, 0.29) is 51.3 Å². The predicted octanol–water partition coefficient (Wildman–Crippen LogP) is 4.97. The second-order valence-corrected chi connectivity index (χ2v) is 10.8. The van der Waals surface area contributed by atoms with Crippen LogP contribution >= 0.6 is 34.2 Å². The van der Waals surface area contributed by atoms with Gasteiger partial charge in [-0.2, -0.15) is 13.2 Å². The Morgan fingerprint density at radius 3 is 2.74 bits per heavy atom. The van der Waals surface area contributed by atoms with E-state index in [1.54, 1.807) is 6.92 Å². The standard InChI is InChI=1S/C22H16ClF3IN5O5S/c1-2-37-21(33)20-30-29-19(32(20)13-5-7-36-8-6-13)18-17(9-12(23)11-28-18)31-38(34,35)14-3-4-16(27)15(10-14)22(24,25)26/h3-4,8-11,31H,2,5,7H2,1H3. The van der Waals surface area contributed by atoms with Gasteiger partial charge in [-0.1, -0.05) is 17.3 Å². The number of esters is 1. The molecule has 0 bridgehead atoms. The molecule has 38 heavy (non-hydrogen) atoms. The van der Waals surface area contributed by atoms with Crippen LogP contribution in [0.25, 0.3) is 17.2 Å². The van der Waals surface area contributed by atoms with Crippen molar-refractivity contribution < 1.29 is 35.9 Å². The van der Waals surface area contributed by atoms with Crippen LogP contribution in [0, 0.1) is 3.57 Å². The molecule has 1 aliphatic heterocycles. The fourth-order valence-electron chi connectivity index (χ4n) is 3.38. The lowest BCUT2D eigenvalue weighted by Crippen LogP contribution is -2.18. The Hall–Kier alpha value is -3.14. The van der Waals surface area contributed by atoms with E-state index in [0.29, 0.717) is 11.8 Å². The number of nitrogens with one attached hydrogen (secondary N) is 1. The van der Waals surface area contributed by atoms with Gasteiger partial charge in [0.1, 0.15) is 12.0 Å². The summed E-state index contributed by atoms with van der Waals surface area (Å²) in [7, 11) is -4.57. The van der Waals surface area contributed by atoms with Gasteiger partial charge in [-0.15, -0.1) is 10.2 Å². The minimum atomic E-state index is -4.77. The summed E-state index contributed by atoms with van der Waals surface area (Å²) in [6.45, 7) is 1.92. The number of anilines is 1. The van der Waals surface area contributed by atoms with Gasteiger partial charge in [0.2, 0.25) is 5.82 Å². The molecule has 16 heteroatoms. The molecule has 0 amide bonds. The van der Waals surface area contributed by atoms with Gasteiger partial charge in [0, 0.05) is 16.2 Å². The number of hydrogen-bond donors (Lipinski definition) is 1. The molecular weight excluding hydrogens is 666 g/mol. The first kappa shape index (κ1) is 27.9. The molecule has 0 saturated heterocycles. The third-order valence-electron chi connectivity index (χ3n) is 5.02. The van der Waals surface area contributed by atoms with Crippen molar-refractivity contribution in [1.29, 1.82) is 0 Å². The van der Waals surface area contributed by atoms with Crippen LogP contribution < -0.4 is 4.72 Å². The van der Waals surface area contributed by atoms with Crippen LogP contribution in [0.1, 0.15) is 29.5 Å². The topological polar surface area (TPSA) is 125 Å². The Morgan fingerprint density at radius 1 is 1.32 bits per heavy atom. The van der Waals surface area contributed by atoms with Crippen LogP contribution in [-0.2, 0) is 25.7 Å². The number of carbonyl (C=O) groups excluding carboxylic acids is 1. The van der Waals surface area contributed by atoms with Crippen LogP contribution in [-0.4, -0.2) is 47.3 Å². The van der Waals surface area contributed by atoms with Crippen molar-refractivity contribution in [3.63, 3.8) is 0 Å². The SMILES string of the molecule is CCOC(=O)c1nnc(-c2ncc(Cl)cc2NS(=O)(=O)c2ccc(I)c(C(F)(F)F)c2)n1C1=C=COCC1. The van der Waals surface area contributed by atoms with Crippen molar-refractivity contribution in [3.8, 4) is 11.5 Å². The van der Waals surface area contributed by atoms with Crippen LogP contribution in [0.2, 0.25) is 5.02 Å². The molecule has 1 aromatic carbocycles. The maximum absolute atomic E-state index is 13.4. The number of aromatic nitrogens is 4. The maximum atomic E-state index is 13.4. The van der Waals surface area contributed by atoms with Crippen molar-refractivity contribution in [2.75, 3.05) is 17.9 Å². The minimum Gasteiger partial charge on any atom is -0.493 e. The quantitative estimate of drug-likeness (QED) is 0.211. The van der Waals surface area contributed by atoms with Gasteiger partial charge in [0.15, 0.2) is 5.82 Å². The van der Waals surface area contributed by atoms with Gasteiger partial charge < -0.3 is 9.47 Å². The van der Waals surface area contributed by atoms with E-state index in [1.165, 1.54) is 45.7 Å². The van der Waals surface area contributed by atoms with Gasteiger partial charge in [-0.25, -0.2) is 18.2 Å².